The SMILES string of the molecule is CN(CCCCCN1CCCCC1)c1ccc([C@@H]2CC[C@H]3CCCCN32)cc1. The molecule has 0 spiro atoms. The summed E-state index contributed by atoms with van der Waals surface area (Å²) in [5.41, 5.74) is 2.93. The van der Waals surface area contributed by atoms with Gasteiger partial charge in [-0.3, -0.25) is 4.90 Å². The third-order valence-electron chi connectivity index (χ3n) is 7.48. The largest absolute Gasteiger partial charge is 0.375 e. The van der Waals surface area contributed by atoms with E-state index in [0.29, 0.717) is 6.04 Å². The van der Waals surface area contributed by atoms with Gasteiger partial charge in [-0.15, -0.1) is 0 Å². The topological polar surface area (TPSA) is 9.72 Å². The molecule has 28 heavy (non-hydrogen) atoms. The Morgan fingerprint density at radius 1 is 0.821 bits per heavy atom. The van der Waals surface area contributed by atoms with Crippen LogP contribution in [0.2, 0.25) is 0 Å². The van der Waals surface area contributed by atoms with Crippen LogP contribution in [0.4, 0.5) is 5.69 Å². The fourth-order valence-electron chi connectivity index (χ4n) is 5.74. The predicted molar refractivity (Wildman–Crippen MR) is 120 cm³/mol. The summed E-state index contributed by atoms with van der Waals surface area (Å²) in [6, 6.07) is 11.1. The summed E-state index contributed by atoms with van der Waals surface area (Å²) in [4.78, 5) is 7.91. The number of likely N-dealkylation sites (tertiary alicyclic amines) is 1. The fraction of sp³-hybridized carbons (Fsp3) is 0.760. The Kier molecular flexibility index (Phi) is 7.31. The molecule has 0 unspecified atom stereocenters. The standard InChI is InChI=1S/C25H41N3/c1-26(17-5-2-6-18-27-19-7-3-8-20-27)23-13-11-22(12-14-23)25-16-15-24-10-4-9-21-28(24)25/h11-14,24-25H,2-10,15-21H2,1H3/t24-,25+/m1/s1. The molecule has 156 valence electrons. The molecular formula is C25H41N3. The molecule has 3 nitrogen and oxygen atoms in total. The zero-order chi connectivity index (χ0) is 19.2. The predicted octanol–water partition coefficient (Wildman–Crippen LogP) is 5.47. The molecule has 3 heteroatoms. The minimum absolute atomic E-state index is 0.680. The first-order chi connectivity index (χ1) is 13.8. The molecular weight excluding hydrogens is 342 g/mol. The number of piperidine rings is 2. The van der Waals surface area contributed by atoms with Crippen LogP contribution in [-0.2, 0) is 0 Å². The van der Waals surface area contributed by atoms with Crippen molar-refractivity contribution < 1.29 is 0 Å². The van der Waals surface area contributed by atoms with E-state index in [1.165, 1.54) is 109 Å². The van der Waals surface area contributed by atoms with Crippen molar-refractivity contribution in [2.24, 2.45) is 0 Å². The van der Waals surface area contributed by atoms with Crippen LogP contribution in [0.15, 0.2) is 24.3 Å². The highest BCUT2D eigenvalue weighted by Gasteiger charge is 2.35. The molecule has 0 aliphatic carbocycles. The molecule has 0 saturated carbocycles. The van der Waals surface area contributed by atoms with Crippen molar-refractivity contribution >= 4 is 5.69 Å². The van der Waals surface area contributed by atoms with Crippen molar-refractivity contribution in [1.82, 2.24) is 9.80 Å². The molecule has 0 amide bonds. The summed E-state index contributed by atoms with van der Waals surface area (Å²) < 4.78 is 0. The van der Waals surface area contributed by atoms with E-state index in [2.05, 4.69) is 46.0 Å². The molecule has 2 atom stereocenters. The molecule has 3 saturated heterocycles. The van der Waals surface area contributed by atoms with Crippen LogP contribution >= 0.6 is 0 Å². The van der Waals surface area contributed by atoms with Gasteiger partial charge in [0.2, 0.25) is 0 Å². The minimum atomic E-state index is 0.680. The average molecular weight is 384 g/mol. The molecule has 3 aliphatic heterocycles. The Balaban J connectivity index is 1.19. The minimum Gasteiger partial charge on any atom is -0.375 e. The number of hydrogen-bond acceptors (Lipinski definition) is 3. The molecule has 3 aliphatic rings. The van der Waals surface area contributed by atoms with Gasteiger partial charge in [0.15, 0.2) is 0 Å². The van der Waals surface area contributed by atoms with E-state index < -0.39 is 0 Å². The molecule has 0 aromatic heterocycles. The van der Waals surface area contributed by atoms with Crippen LogP contribution in [0.3, 0.4) is 0 Å². The molecule has 0 N–H and O–H groups in total. The third-order valence-corrected chi connectivity index (χ3v) is 7.48. The lowest BCUT2D eigenvalue weighted by Crippen LogP contribution is -2.35. The first kappa shape index (κ1) is 20.2. The van der Waals surface area contributed by atoms with Crippen molar-refractivity contribution in [2.75, 3.05) is 44.7 Å². The quantitative estimate of drug-likeness (QED) is 0.551. The summed E-state index contributed by atoms with van der Waals surface area (Å²) >= 11 is 0. The van der Waals surface area contributed by atoms with E-state index in [9.17, 15) is 0 Å². The van der Waals surface area contributed by atoms with Crippen molar-refractivity contribution in [3.8, 4) is 0 Å². The number of benzene rings is 1. The van der Waals surface area contributed by atoms with Gasteiger partial charge >= 0.3 is 0 Å². The van der Waals surface area contributed by atoms with Crippen LogP contribution in [0, 0.1) is 0 Å². The van der Waals surface area contributed by atoms with E-state index in [4.69, 9.17) is 0 Å². The highest BCUT2D eigenvalue weighted by atomic mass is 15.2. The van der Waals surface area contributed by atoms with Gasteiger partial charge < -0.3 is 9.80 Å². The van der Waals surface area contributed by atoms with Gasteiger partial charge in [0.1, 0.15) is 0 Å². The van der Waals surface area contributed by atoms with Gasteiger partial charge in [-0.2, -0.15) is 0 Å². The zero-order valence-electron chi connectivity index (χ0n) is 18.1. The van der Waals surface area contributed by atoms with Gasteiger partial charge in [0.05, 0.1) is 0 Å². The Hall–Kier alpha value is -1.06. The highest BCUT2D eigenvalue weighted by Crippen LogP contribution is 2.40. The first-order valence-corrected chi connectivity index (χ1v) is 12.1. The fourth-order valence-corrected chi connectivity index (χ4v) is 5.74. The Bertz CT molecular complexity index is 578. The lowest BCUT2D eigenvalue weighted by Gasteiger charge is -2.34. The van der Waals surface area contributed by atoms with E-state index in [1.807, 2.05) is 0 Å². The number of rotatable bonds is 8. The summed E-state index contributed by atoms with van der Waals surface area (Å²) in [6.45, 7) is 6.49. The maximum atomic E-state index is 2.80. The monoisotopic (exact) mass is 383 g/mol. The Morgan fingerprint density at radius 2 is 1.61 bits per heavy atom. The average Bonchev–Trinajstić information content (AvgIpc) is 3.18. The number of unbranched alkanes of at least 4 members (excludes halogenated alkanes) is 2. The van der Waals surface area contributed by atoms with Crippen molar-refractivity contribution in [2.45, 2.75) is 82.7 Å². The van der Waals surface area contributed by atoms with E-state index in [-0.39, 0.29) is 0 Å². The number of hydrogen-bond donors (Lipinski definition) is 0. The van der Waals surface area contributed by atoms with Crippen LogP contribution in [0.1, 0.15) is 82.2 Å². The lowest BCUT2D eigenvalue weighted by atomic mass is 10.0. The van der Waals surface area contributed by atoms with Gasteiger partial charge in [-0.1, -0.05) is 31.4 Å². The smallest absolute Gasteiger partial charge is 0.0363 e. The summed E-state index contributed by atoms with van der Waals surface area (Å²) in [5, 5.41) is 0. The molecule has 1 aromatic rings. The summed E-state index contributed by atoms with van der Waals surface area (Å²) in [6.07, 6.45) is 15.3. The molecule has 4 rings (SSSR count). The van der Waals surface area contributed by atoms with Crippen LogP contribution in [0.25, 0.3) is 0 Å². The highest BCUT2D eigenvalue weighted by molar-refractivity contribution is 5.47. The summed E-state index contributed by atoms with van der Waals surface area (Å²) in [7, 11) is 2.26. The Morgan fingerprint density at radius 3 is 2.43 bits per heavy atom. The number of nitrogens with zero attached hydrogens (tertiary/aromatic N) is 3. The second-order valence-corrected chi connectivity index (χ2v) is 9.46. The molecule has 1 aromatic carbocycles. The molecule has 3 fully saturated rings. The zero-order valence-corrected chi connectivity index (χ0v) is 18.1. The third kappa shape index (κ3) is 5.10. The second kappa shape index (κ2) is 10.1. The molecule has 0 bridgehead atoms. The van der Waals surface area contributed by atoms with E-state index in [0.717, 1.165) is 6.04 Å². The first-order valence-electron chi connectivity index (χ1n) is 12.1. The van der Waals surface area contributed by atoms with E-state index >= 15 is 0 Å². The van der Waals surface area contributed by atoms with Crippen LogP contribution in [0.5, 0.6) is 0 Å². The van der Waals surface area contributed by atoms with Crippen LogP contribution < -0.4 is 4.90 Å². The Labute approximate surface area is 173 Å². The summed E-state index contributed by atoms with van der Waals surface area (Å²) in [5.74, 6) is 0. The van der Waals surface area contributed by atoms with Crippen LogP contribution in [-0.4, -0.2) is 55.6 Å². The second-order valence-electron chi connectivity index (χ2n) is 9.46. The van der Waals surface area contributed by atoms with Gasteiger partial charge in [0.25, 0.3) is 0 Å². The van der Waals surface area contributed by atoms with Crippen molar-refractivity contribution in [3.63, 3.8) is 0 Å². The van der Waals surface area contributed by atoms with E-state index in [1.54, 1.807) is 5.56 Å². The maximum absolute atomic E-state index is 2.80. The van der Waals surface area contributed by atoms with Gasteiger partial charge in [-0.05, 0) is 95.2 Å². The van der Waals surface area contributed by atoms with Gasteiger partial charge in [0, 0.05) is 31.4 Å². The molecule has 0 radical (unpaired) electrons. The number of anilines is 1. The normalized spacial score (nSPS) is 26.3. The number of fused-ring (bicyclic) bond motifs is 1. The van der Waals surface area contributed by atoms with Crippen molar-refractivity contribution in [1.29, 1.82) is 0 Å². The van der Waals surface area contributed by atoms with Crippen molar-refractivity contribution in [3.05, 3.63) is 29.8 Å². The van der Waals surface area contributed by atoms with Gasteiger partial charge in [-0.25, -0.2) is 0 Å². The lowest BCUT2D eigenvalue weighted by molar-refractivity contribution is 0.150. The maximum Gasteiger partial charge on any atom is 0.0363 e. The molecule has 3 heterocycles.